The monoisotopic (exact) mass is 774 g/mol. The van der Waals surface area contributed by atoms with Crippen molar-refractivity contribution in [3.8, 4) is 0 Å². The van der Waals surface area contributed by atoms with Gasteiger partial charge >= 0.3 is 11.9 Å². The third-order valence-electron chi connectivity index (χ3n) is 10.6. The summed E-state index contributed by atoms with van der Waals surface area (Å²) >= 11 is 0. The Morgan fingerprint density at radius 2 is 0.944 bits per heavy atom. The molecule has 5 N–H and O–H groups in total. The summed E-state index contributed by atoms with van der Waals surface area (Å²) in [7, 11) is 0. The van der Waals surface area contributed by atoms with E-state index in [1.165, 1.54) is 101 Å². The van der Waals surface area contributed by atoms with Crippen molar-refractivity contribution in [3.63, 3.8) is 0 Å². The lowest BCUT2D eigenvalue weighted by Crippen LogP contribution is -2.52. The van der Waals surface area contributed by atoms with E-state index in [0.29, 0.717) is 32.2 Å². The van der Waals surface area contributed by atoms with Crippen LogP contribution in [-0.2, 0) is 19.1 Å². The first kappa shape index (κ1) is 52.7. The smallest absolute Gasteiger partial charge is 0.366 e. The van der Waals surface area contributed by atoms with Crippen molar-refractivity contribution < 1.29 is 44.6 Å². The van der Waals surface area contributed by atoms with E-state index >= 15 is 0 Å². The lowest BCUT2D eigenvalue weighted by Gasteiger charge is -2.34. The van der Waals surface area contributed by atoms with Gasteiger partial charge in [0.25, 0.3) is 5.79 Å². The fraction of sp³-hybridized carbons (Fsp3) is 0.955. The Balaban J connectivity index is 4.37. The number of esters is 2. The molecule has 54 heavy (non-hydrogen) atoms. The van der Waals surface area contributed by atoms with Gasteiger partial charge in [-0.1, -0.05) is 156 Å². The molecule has 0 aromatic carbocycles. The van der Waals surface area contributed by atoms with Gasteiger partial charge in [-0.2, -0.15) is 0 Å². The average Bonchev–Trinajstić information content (AvgIpc) is 3.15. The van der Waals surface area contributed by atoms with Gasteiger partial charge in [-0.05, 0) is 57.8 Å². The van der Waals surface area contributed by atoms with Crippen LogP contribution in [0.3, 0.4) is 0 Å². The maximum atomic E-state index is 12.7. The highest BCUT2D eigenvalue weighted by Crippen LogP contribution is 2.20. The van der Waals surface area contributed by atoms with Crippen LogP contribution in [0.5, 0.6) is 0 Å². The van der Waals surface area contributed by atoms with E-state index in [9.17, 15) is 35.1 Å². The highest BCUT2D eigenvalue weighted by molar-refractivity contribution is 5.77. The van der Waals surface area contributed by atoms with Crippen LogP contribution in [0.4, 0.5) is 0 Å². The van der Waals surface area contributed by atoms with Crippen LogP contribution in [0.1, 0.15) is 226 Å². The molecule has 0 aliphatic rings. The number of carbonyl (C=O) groups excluding carboxylic acids is 2. The average molecular weight is 774 g/mol. The highest BCUT2D eigenvalue weighted by atomic mass is 16.6. The Hall–Kier alpha value is -1.30. The third kappa shape index (κ3) is 30.9. The third-order valence-corrected chi connectivity index (χ3v) is 10.6. The molecule has 0 aliphatic heterocycles. The zero-order valence-electron chi connectivity index (χ0n) is 35.3. The number of ether oxygens (including phenoxy) is 2. The number of aliphatic hydroxyl groups excluding tert-OH is 1. The van der Waals surface area contributed by atoms with E-state index in [-0.39, 0.29) is 38.1 Å². The van der Waals surface area contributed by atoms with Crippen LogP contribution < -0.4 is 0 Å². The summed E-state index contributed by atoms with van der Waals surface area (Å²) in [5.41, 5.74) is 0. The van der Waals surface area contributed by atoms with Crippen molar-refractivity contribution in [2.24, 2.45) is 0 Å². The quantitative estimate of drug-likeness (QED) is 0.0230. The second kappa shape index (κ2) is 36.1. The minimum absolute atomic E-state index is 0.0268. The van der Waals surface area contributed by atoms with E-state index in [0.717, 1.165) is 70.6 Å². The van der Waals surface area contributed by atoms with Crippen molar-refractivity contribution in [1.82, 2.24) is 4.90 Å². The molecule has 10 heteroatoms. The van der Waals surface area contributed by atoms with Crippen molar-refractivity contribution in [2.45, 2.75) is 244 Å². The molecule has 0 radical (unpaired) electrons. The molecule has 0 spiro atoms. The molecule has 0 fully saturated rings. The van der Waals surface area contributed by atoms with Gasteiger partial charge in [-0.15, -0.1) is 0 Å². The summed E-state index contributed by atoms with van der Waals surface area (Å²) in [6.45, 7) is 6.49. The van der Waals surface area contributed by atoms with E-state index in [4.69, 9.17) is 9.47 Å². The van der Waals surface area contributed by atoms with Gasteiger partial charge < -0.3 is 35.0 Å². The van der Waals surface area contributed by atoms with Gasteiger partial charge in [-0.3, -0.25) is 9.69 Å². The molecule has 322 valence electrons. The first-order valence-electron chi connectivity index (χ1n) is 22.7. The minimum Gasteiger partial charge on any atom is -0.462 e. The molecule has 0 aromatic heterocycles. The minimum atomic E-state index is -2.59. The van der Waals surface area contributed by atoms with Gasteiger partial charge in [-0.25, -0.2) is 4.79 Å². The number of nitrogens with zero attached hydrogens (tertiary/aromatic N) is 1. The summed E-state index contributed by atoms with van der Waals surface area (Å²) in [5, 5.41) is 50.7. The lowest BCUT2D eigenvalue weighted by atomic mass is 10.0. The van der Waals surface area contributed by atoms with Gasteiger partial charge in [0.1, 0.15) is 12.7 Å². The number of rotatable bonds is 41. The SMILES string of the molecule is CCCCCCCCCCCOC(=O)C(O)(O)CCCCN(CCCCCCCC(=O)OC(CCCCCCCC)CCCCCCCC)C(O)(O)CO. The Kier molecular flexibility index (Phi) is 35.2. The van der Waals surface area contributed by atoms with Crippen LogP contribution >= 0.6 is 0 Å². The van der Waals surface area contributed by atoms with Gasteiger partial charge in [0.15, 0.2) is 0 Å². The van der Waals surface area contributed by atoms with E-state index in [1.807, 2.05) is 0 Å². The van der Waals surface area contributed by atoms with Crippen LogP contribution in [-0.4, -0.2) is 86.5 Å². The number of hydrogen-bond donors (Lipinski definition) is 5. The number of unbranched alkanes of at least 4 members (excludes halogenated alkanes) is 23. The summed E-state index contributed by atoms with van der Waals surface area (Å²) in [6, 6.07) is 0. The molecule has 10 nitrogen and oxygen atoms in total. The standard InChI is InChI=1S/C44H87NO9/c1-4-7-10-13-16-17-18-24-31-38-53-42(48)43(49,50)35-28-30-37-45(44(51,52)39-46)36-29-23-19-22-27-34-41(47)54-40(32-25-20-14-11-8-5-2)33-26-21-15-12-9-6-3/h40,46,49-52H,4-39H2,1-3H3. The highest BCUT2D eigenvalue weighted by Gasteiger charge is 2.35. The molecule has 0 aliphatic carbocycles. The summed E-state index contributed by atoms with van der Waals surface area (Å²) in [5.74, 6) is -6.14. The molecule has 0 saturated heterocycles. The Morgan fingerprint density at radius 3 is 1.43 bits per heavy atom. The normalized spacial score (nSPS) is 12.3. The molecule has 0 atom stereocenters. The molecule has 0 saturated carbocycles. The largest absolute Gasteiger partial charge is 0.462 e. The number of hydrogen-bond acceptors (Lipinski definition) is 10. The molecule has 0 aromatic rings. The second-order valence-corrected chi connectivity index (χ2v) is 15.9. The van der Waals surface area contributed by atoms with E-state index in [1.54, 1.807) is 0 Å². The van der Waals surface area contributed by atoms with Crippen molar-refractivity contribution >= 4 is 11.9 Å². The van der Waals surface area contributed by atoms with Crippen molar-refractivity contribution in [3.05, 3.63) is 0 Å². The lowest BCUT2D eigenvalue weighted by molar-refractivity contribution is -0.282. The zero-order valence-corrected chi connectivity index (χ0v) is 35.3. The number of aliphatic hydroxyl groups is 5. The maximum absolute atomic E-state index is 12.7. The first-order valence-corrected chi connectivity index (χ1v) is 22.7. The predicted molar refractivity (Wildman–Crippen MR) is 219 cm³/mol. The zero-order chi connectivity index (χ0) is 40.2. The van der Waals surface area contributed by atoms with Crippen LogP contribution in [0.2, 0.25) is 0 Å². The summed E-state index contributed by atoms with van der Waals surface area (Å²) < 4.78 is 11.1. The Bertz CT molecular complexity index is 838. The molecule has 0 rings (SSSR count). The number of carbonyl (C=O) groups is 2. The van der Waals surface area contributed by atoms with Crippen LogP contribution in [0.25, 0.3) is 0 Å². The fourth-order valence-electron chi connectivity index (χ4n) is 6.95. The van der Waals surface area contributed by atoms with Gasteiger partial charge in [0.2, 0.25) is 5.91 Å². The van der Waals surface area contributed by atoms with Gasteiger partial charge in [0.05, 0.1) is 6.61 Å². The second-order valence-electron chi connectivity index (χ2n) is 15.9. The van der Waals surface area contributed by atoms with E-state index < -0.39 is 24.3 Å². The topological polar surface area (TPSA) is 157 Å². The molecule has 0 unspecified atom stereocenters. The van der Waals surface area contributed by atoms with Crippen molar-refractivity contribution in [2.75, 3.05) is 26.3 Å². The Labute approximate surface area is 331 Å². The maximum Gasteiger partial charge on any atom is 0.366 e. The predicted octanol–water partition coefficient (Wildman–Crippen LogP) is 9.60. The molecular formula is C44H87NO9. The molecule has 0 heterocycles. The van der Waals surface area contributed by atoms with Crippen molar-refractivity contribution in [1.29, 1.82) is 0 Å². The molecule has 0 bridgehead atoms. The fourth-order valence-corrected chi connectivity index (χ4v) is 6.95. The van der Waals surface area contributed by atoms with Gasteiger partial charge in [0, 0.05) is 25.9 Å². The summed E-state index contributed by atoms with van der Waals surface area (Å²) in [6.07, 6.45) is 31.7. The molecule has 0 amide bonds. The molecular weight excluding hydrogens is 686 g/mol. The Morgan fingerprint density at radius 1 is 0.537 bits per heavy atom. The van der Waals surface area contributed by atoms with Crippen LogP contribution in [0, 0.1) is 0 Å². The first-order chi connectivity index (χ1) is 26.0. The van der Waals surface area contributed by atoms with Crippen LogP contribution in [0.15, 0.2) is 0 Å². The van der Waals surface area contributed by atoms with E-state index in [2.05, 4.69) is 20.8 Å². The summed E-state index contributed by atoms with van der Waals surface area (Å²) in [4.78, 5) is 26.3.